The van der Waals surface area contributed by atoms with Crippen LogP contribution in [0.5, 0.6) is 0 Å². The zero-order valence-electron chi connectivity index (χ0n) is 20.4. The Morgan fingerprint density at radius 3 is 1.69 bits per heavy atom. The van der Waals surface area contributed by atoms with Crippen LogP contribution in [0.1, 0.15) is 137 Å². The first-order valence-electron chi connectivity index (χ1n) is 12.5. The molecule has 1 N–H and O–H groups in total. The van der Waals surface area contributed by atoms with Gasteiger partial charge in [0.15, 0.2) is 6.23 Å². The van der Waals surface area contributed by atoms with E-state index >= 15 is 0 Å². The smallest absolute Gasteiger partial charge is 0.334 e. The van der Waals surface area contributed by atoms with Gasteiger partial charge in [0.25, 0.3) is 0 Å². The van der Waals surface area contributed by atoms with E-state index in [0.29, 0.717) is 5.57 Å². The second kappa shape index (κ2) is 18.0. The highest BCUT2D eigenvalue weighted by atomic mass is 16.6. The molecule has 0 aliphatic rings. The van der Waals surface area contributed by atoms with E-state index in [0.717, 1.165) is 19.3 Å². The van der Waals surface area contributed by atoms with Gasteiger partial charge in [0.05, 0.1) is 0 Å². The molecule has 0 heterocycles. The molecule has 0 aromatic rings. The molecule has 0 radical (unpaired) electrons. The van der Waals surface area contributed by atoms with Gasteiger partial charge in [-0.25, -0.2) is 4.79 Å². The molecular formula is C26H51NO2. The standard InChI is InChI=1S/C26H51NO2/c1-7-9-10-11-12-13-14-15-16-17-18-19-20-22-26(5,6)27-24(21-8-2)29-25(28)23(3)4/h24,27H,3,7-22H2,1-2,4-6H3. The Morgan fingerprint density at radius 2 is 1.28 bits per heavy atom. The Balaban J connectivity index is 3.77. The molecule has 0 spiro atoms. The Labute approximate surface area is 182 Å². The fraction of sp³-hybridized carbons (Fsp3) is 0.885. The maximum absolute atomic E-state index is 11.8. The molecule has 0 saturated heterocycles. The van der Waals surface area contributed by atoms with Crippen molar-refractivity contribution in [2.24, 2.45) is 0 Å². The van der Waals surface area contributed by atoms with Crippen molar-refractivity contribution in [1.29, 1.82) is 0 Å². The quantitative estimate of drug-likeness (QED) is 0.0955. The van der Waals surface area contributed by atoms with Crippen LogP contribution in [-0.4, -0.2) is 17.7 Å². The first-order chi connectivity index (χ1) is 13.8. The molecule has 0 aromatic heterocycles. The fourth-order valence-corrected chi connectivity index (χ4v) is 3.75. The molecule has 172 valence electrons. The van der Waals surface area contributed by atoms with Gasteiger partial charge in [-0.05, 0) is 33.6 Å². The van der Waals surface area contributed by atoms with Gasteiger partial charge >= 0.3 is 5.97 Å². The Morgan fingerprint density at radius 1 is 0.828 bits per heavy atom. The van der Waals surface area contributed by atoms with Crippen molar-refractivity contribution in [3.8, 4) is 0 Å². The summed E-state index contributed by atoms with van der Waals surface area (Å²) in [5.41, 5.74) is 0.440. The van der Waals surface area contributed by atoms with Crippen molar-refractivity contribution in [1.82, 2.24) is 5.32 Å². The van der Waals surface area contributed by atoms with Gasteiger partial charge in [-0.2, -0.15) is 0 Å². The van der Waals surface area contributed by atoms with E-state index in [9.17, 15) is 4.79 Å². The number of hydrogen-bond acceptors (Lipinski definition) is 3. The largest absolute Gasteiger partial charge is 0.443 e. The average Bonchev–Trinajstić information content (AvgIpc) is 2.65. The van der Waals surface area contributed by atoms with E-state index in [2.05, 4.69) is 39.6 Å². The van der Waals surface area contributed by atoms with Crippen LogP contribution in [-0.2, 0) is 9.53 Å². The molecule has 0 aliphatic heterocycles. The zero-order valence-corrected chi connectivity index (χ0v) is 20.4. The number of esters is 1. The van der Waals surface area contributed by atoms with Crippen molar-refractivity contribution in [2.45, 2.75) is 149 Å². The third-order valence-corrected chi connectivity index (χ3v) is 5.61. The van der Waals surface area contributed by atoms with Gasteiger partial charge in [-0.1, -0.05) is 110 Å². The fourth-order valence-electron chi connectivity index (χ4n) is 3.75. The summed E-state index contributed by atoms with van der Waals surface area (Å²) in [7, 11) is 0. The number of carbonyl (C=O) groups excluding carboxylic acids is 1. The SMILES string of the molecule is C=C(C)C(=O)OC(CCC)NC(C)(C)CCCCCCCCCCCCCCC. The van der Waals surface area contributed by atoms with E-state index < -0.39 is 0 Å². The molecule has 0 saturated carbocycles. The minimum absolute atomic E-state index is 0.0209. The summed E-state index contributed by atoms with van der Waals surface area (Å²) in [5.74, 6) is -0.298. The minimum Gasteiger partial charge on any atom is -0.443 e. The van der Waals surface area contributed by atoms with Crippen LogP contribution in [0.25, 0.3) is 0 Å². The summed E-state index contributed by atoms with van der Waals surface area (Å²) in [5, 5.41) is 3.54. The molecule has 0 aromatic carbocycles. The van der Waals surface area contributed by atoms with Gasteiger partial charge in [0, 0.05) is 11.1 Å². The lowest BCUT2D eigenvalue weighted by molar-refractivity contribution is -0.147. The third kappa shape index (κ3) is 17.7. The molecular weight excluding hydrogens is 358 g/mol. The number of unbranched alkanes of at least 4 members (excludes halogenated alkanes) is 12. The summed E-state index contributed by atoms with van der Waals surface area (Å²) in [6.07, 6.45) is 20.6. The molecule has 3 heteroatoms. The van der Waals surface area contributed by atoms with E-state index in [1.165, 1.54) is 83.5 Å². The Hall–Kier alpha value is -0.830. The number of carbonyl (C=O) groups is 1. The highest BCUT2D eigenvalue weighted by Gasteiger charge is 2.23. The van der Waals surface area contributed by atoms with E-state index in [4.69, 9.17) is 4.74 Å². The predicted molar refractivity (Wildman–Crippen MR) is 127 cm³/mol. The van der Waals surface area contributed by atoms with E-state index in [-0.39, 0.29) is 17.7 Å². The third-order valence-electron chi connectivity index (χ3n) is 5.61. The van der Waals surface area contributed by atoms with Crippen LogP contribution < -0.4 is 5.32 Å². The van der Waals surface area contributed by atoms with Gasteiger partial charge in [-0.3, -0.25) is 5.32 Å². The predicted octanol–water partition coefficient (Wildman–Crippen LogP) is 8.08. The van der Waals surface area contributed by atoms with Crippen molar-refractivity contribution in [2.75, 3.05) is 0 Å². The number of rotatable bonds is 20. The first kappa shape index (κ1) is 28.2. The number of ether oxygens (including phenoxy) is 1. The summed E-state index contributed by atoms with van der Waals surface area (Å²) < 4.78 is 5.56. The molecule has 0 bridgehead atoms. The van der Waals surface area contributed by atoms with Crippen LogP contribution in [0.2, 0.25) is 0 Å². The van der Waals surface area contributed by atoms with Crippen molar-refractivity contribution >= 4 is 5.97 Å². The summed E-state index contributed by atoms with van der Waals surface area (Å²) in [6, 6.07) is 0. The summed E-state index contributed by atoms with van der Waals surface area (Å²) >= 11 is 0. The molecule has 0 rings (SSSR count). The summed E-state index contributed by atoms with van der Waals surface area (Å²) in [6.45, 7) is 14.2. The summed E-state index contributed by atoms with van der Waals surface area (Å²) in [4.78, 5) is 11.8. The van der Waals surface area contributed by atoms with E-state index in [1.54, 1.807) is 6.92 Å². The second-order valence-corrected chi connectivity index (χ2v) is 9.48. The van der Waals surface area contributed by atoms with Crippen molar-refractivity contribution < 1.29 is 9.53 Å². The molecule has 3 nitrogen and oxygen atoms in total. The van der Waals surface area contributed by atoms with Crippen LogP contribution in [0.3, 0.4) is 0 Å². The number of hydrogen-bond donors (Lipinski definition) is 1. The lowest BCUT2D eigenvalue weighted by Crippen LogP contribution is -2.47. The highest BCUT2D eigenvalue weighted by molar-refractivity contribution is 5.87. The highest BCUT2D eigenvalue weighted by Crippen LogP contribution is 2.19. The minimum atomic E-state index is -0.298. The van der Waals surface area contributed by atoms with Crippen LogP contribution in [0.4, 0.5) is 0 Å². The van der Waals surface area contributed by atoms with Crippen LogP contribution >= 0.6 is 0 Å². The Kier molecular flexibility index (Phi) is 17.5. The maximum atomic E-state index is 11.8. The number of nitrogens with one attached hydrogen (secondary N) is 1. The monoisotopic (exact) mass is 409 g/mol. The second-order valence-electron chi connectivity index (χ2n) is 9.48. The molecule has 1 atom stereocenters. The van der Waals surface area contributed by atoms with Crippen LogP contribution in [0.15, 0.2) is 12.2 Å². The molecule has 0 fully saturated rings. The lowest BCUT2D eigenvalue weighted by Gasteiger charge is -2.32. The van der Waals surface area contributed by atoms with Gasteiger partial charge in [0.1, 0.15) is 0 Å². The van der Waals surface area contributed by atoms with Crippen molar-refractivity contribution in [3.63, 3.8) is 0 Å². The van der Waals surface area contributed by atoms with E-state index in [1.807, 2.05) is 0 Å². The normalized spacial score (nSPS) is 12.7. The van der Waals surface area contributed by atoms with Crippen molar-refractivity contribution in [3.05, 3.63) is 12.2 Å². The van der Waals surface area contributed by atoms with Crippen LogP contribution in [0, 0.1) is 0 Å². The maximum Gasteiger partial charge on any atom is 0.334 e. The zero-order chi connectivity index (χ0) is 22.0. The molecule has 0 amide bonds. The Bertz CT molecular complexity index is 417. The molecule has 1 unspecified atom stereocenters. The molecule has 29 heavy (non-hydrogen) atoms. The lowest BCUT2D eigenvalue weighted by atomic mass is 9.95. The molecule has 0 aliphatic carbocycles. The van der Waals surface area contributed by atoms with Gasteiger partial charge in [-0.15, -0.1) is 0 Å². The topological polar surface area (TPSA) is 38.3 Å². The van der Waals surface area contributed by atoms with Gasteiger partial charge < -0.3 is 4.74 Å². The first-order valence-corrected chi connectivity index (χ1v) is 12.5. The average molecular weight is 410 g/mol. The van der Waals surface area contributed by atoms with Gasteiger partial charge in [0.2, 0.25) is 0 Å².